The van der Waals surface area contributed by atoms with Crippen molar-refractivity contribution < 1.29 is 4.79 Å². The van der Waals surface area contributed by atoms with Crippen molar-refractivity contribution in [2.45, 2.75) is 66.3 Å². The van der Waals surface area contributed by atoms with Crippen LogP contribution in [0.1, 0.15) is 68.4 Å². The highest BCUT2D eigenvalue weighted by atomic mass is 16.2. The van der Waals surface area contributed by atoms with Gasteiger partial charge in [-0.1, -0.05) is 99.3 Å². The minimum atomic E-state index is -0.509. The predicted octanol–water partition coefficient (Wildman–Crippen LogP) is 7.28. The van der Waals surface area contributed by atoms with Gasteiger partial charge in [0.25, 0.3) is 0 Å². The Kier molecular flexibility index (Phi) is 11.6. The van der Waals surface area contributed by atoms with Crippen molar-refractivity contribution in [1.29, 1.82) is 0 Å². The summed E-state index contributed by atoms with van der Waals surface area (Å²) in [5.74, 6) is 2.82. The fourth-order valence-corrected chi connectivity index (χ4v) is 4.94. The number of amides is 1. The second-order valence-electron chi connectivity index (χ2n) is 9.37. The van der Waals surface area contributed by atoms with Gasteiger partial charge in [-0.15, -0.1) is 6.42 Å². The van der Waals surface area contributed by atoms with E-state index in [0.717, 1.165) is 53.7 Å². The summed E-state index contributed by atoms with van der Waals surface area (Å²) in [6.45, 7) is 14.6. The molecule has 0 aliphatic carbocycles. The molecule has 0 bridgehead atoms. The maximum Gasteiger partial charge on any atom is 0.231 e. The van der Waals surface area contributed by atoms with E-state index >= 15 is 0 Å². The molecule has 3 nitrogen and oxygen atoms in total. The third-order valence-corrected chi connectivity index (χ3v) is 6.81. The number of nitrogens with zero attached hydrogens (tertiary/aromatic N) is 1. The summed E-state index contributed by atoms with van der Waals surface area (Å²) < 4.78 is 0. The molecule has 1 amide bonds. The van der Waals surface area contributed by atoms with Crippen LogP contribution in [0, 0.1) is 26.2 Å². The van der Waals surface area contributed by atoms with Crippen molar-refractivity contribution in [2.75, 3.05) is 20.1 Å². The molecule has 0 atom stereocenters. The maximum absolute atomic E-state index is 13.7. The molecule has 1 heterocycles. The minimum absolute atomic E-state index is 0.122. The van der Waals surface area contributed by atoms with Crippen LogP contribution in [-0.2, 0) is 16.8 Å². The molecule has 1 aliphatic heterocycles. The highest BCUT2D eigenvalue weighted by Crippen LogP contribution is 2.37. The standard InChI is InChI=1S/C30H32N2O.2C2H6/c1-5-24-7-6-8-27(20-24)26-9-11-28(12-10-26)30(13-15-32(4)16-14-30)29(33)31-21-25-18-22(2)17-23(3)19-25;2*1-2/h1,6-12,17-20H,13-16,21H2,2-4H3,(H,31,33);2*1-2H3. The van der Waals surface area contributed by atoms with E-state index in [-0.39, 0.29) is 5.91 Å². The maximum atomic E-state index is 13.7. The second kappa shape index (κ2) is 14.4. The van der Waals surface area contributed by atoms with Crippen LogP contribution >= 0.6 is 0 Å². The highest BCUT2D eigenvalue weighted by molar-refractivity contribution is 5.88. The smallest absolute Gasteiger partial charge is 0.231 e. The SMILES string of the molecule is C#Cc1cccc(-c2ccc(C3(C(=O)NCc4cc(C)cc(C)c4)CCN(C)CC3)cc2)c1.CC.CC. The van der Waals surface area contributed by atoms with Gasteiger partial charge >= 0.3 is 0 Å². The molecule has 37 heavy (non-hydrogen) atoms. The van der Waals surface area contributed by atoms with Gasteiger partial charge < -0.3 is 10.2 Å². The van der Waals surface area contributed by atoms with E-state index in [1.54, 1.807) is 0 Å². The van der Waals surface area contributed by atoms with Crippen LogP contribution in [0.15, 0.2) is 66.7 Å². The number of carbonyl (C=O) groups excluding carboxylic acids is 1. The Morgan fingerprint density at radius 1 is 0.892 bits per heavy atom. The van der Waals surface area contributed by atoms with Gasteiger partial charge in [-0.25, -0.2) is 0 Å². The predicted molar refractivity (Wildman–Crippen MR) is 159 cm³/mol. The Labute approximate surface area is 225 Å². The summed E-state index contributed by atoms with van der Waals surface area (Å²) in [6, 6.07) is 22.9. The van der Waals surface area contributed by atoms with Crippen molar-refractivity contribution in [3.63, 3.8) is 0 Å². The van der Waals surface area contributed by atoms with Crippen LogP contribution in [0.5, 0.6) is 0 Å². The molecule has 3 heteroatoms. The summed E-state index contributed by atoms with van der Waals surface area (Å²) in [6.07, 6.45) is 7.20. The molecule has 1 saturated heterocycles. The van der Waals surface area contributed by atoms with Crippen LogP contribution in [0.4, 0.5) is 0 Å². The molecule has 0 unspecified atom stereocenters. The van der Waals surface area contributed by atoms with Gasteiger partial charge in [0.05, 0.1) is 5.41 Å². The monoisotopic (exact) mass is 496 g/mol. The Hall–Kier alpha value is -3.35. The van der Waals surface area contributed by atoms with Crippen molar-refractivity contribution in [3.05, 3.63) is 94.5 Å². The van der Waals surface area contributed by atoms with Gasteiger partial charge in [-0.05, 0) is 81.2 Å². The number of rotatable bonds is 5. The molecule has 0 aromatic heterocycles. The summed E-state index contributed by atoms with van der Waals surface area (Å²) >= 11 is 0. The molecule has 4 rings (SSSR count). The molecule has 3 aromatic carbocycles. The number of carbonyl (C=O) groups is 1. The van der Waals surface area contributed by atoms with E-state index < -0.39 is 5.41 Å². The number of aryl methyl sites for hydroxylation is 2. The van der Waals surface area contributed by atoms with Gasteiger partial charge in [-0.2, -0.15) is 0 Å². The summed E-state index contributed by atoms with van der Waals surface area (Å²) in [5.41, 5.74) is 7.23. The first-order valence-corrected chi connectivity index (χ1v) is 13.6. The second-order valence-corrected chi connectivity index (χ2v) is 9.37. The van der Waals surface area contributed by atoms with E-state index in [4.69, 9.17) is 6.42 Å². The number of likely N-dealkylation sites (tertiary alicyclic amines) is 1. The zero-order valence-corrected chi connectivity index (χ0v) is 23.8. The molecule has 0 spiro atoms. The fourth-order valence-electron chi connectivity index (χ4n) is 4.94. The first kappa shape index (κ1) is 29.9. The first-order valence-electron chi connectivity index (χ1n) is 13.6. The first-order chi connectivity index (χ1) is 17.9. The van der Waals surface area contributed by atoms with E-state index in [0.29, 0.717) is 6.54 Å². The Morgan fingerprint density at radius 3 is 2.05 bits per heavy atom. The fraction of sp³-hybridized carbons (Fsp3) is 0.382. The topological polar surface area (TPSA) is 32.3 Å². The molecule has 0 radical (unpaired) electrons. The molecule has 1 aliphatic rings. The van der Waals surface area contributed by atoms with Crippen molar-refractivity contribution in [1.82, 2.24) is 10.2 Å². The lowest BCUT2D eigenvalue weighted by molar-refractivity contribution is -0.128. The number of hydrogen-bond donors (Lipinski definition) is 1. The van der Waals surface area contributed by atoms with Crippen molar-refractivity contribution in [3.8, 4) is 23.5 Å². The number of benzene rings is 3. The number of piperidine rings is 1. The van der Waals surface area contributed by atoms with E-state index in [1.165, 1.54) is 11.1 Å². The van der Waals surface area contributed by atoms with Gasteiger partial charge in [0, 0.05) is 12.1 Å². The van der Waals surface area contributed by atoms with Crippen LogP contribution in [0.2, 0.25) is 0 Å². The normalized spacial score (nSPS) is 14.2. The Morgan fingerprint density at radius 2 is 1.49 bits per heavy atom. The van der Waals surface area contributed by atoms with Crippen molar-refractivity contribution in [2.24, 2.45) is 0 Å². The van der Waals surface area contributed by atoms with E-state index in [1.807, 2.05) is 45.9 Å². The van der Waals surface area contributed by atoms with Crippen LogP contribution < -0.4 is 5.32 Å². The molecule has 3 aromatic rings. The third-order valence-electron chi connectivity index (χ3n) is 6.81. The molecule has 1 N–H and O–H groups in total. The van der Waals surface area contributed by atoms with Gasteiger partial charge in [0.15, 0.2) is 0 Å². The summed E-state index contributed by atoms with van der Waals surface area (Å²) in [7, 11) is 2.12. The van der Waals surface area contributed by atoms with Gasteiger partial charge in [0.1, 0.15) is 0 Å². The van der Waals surface area contributed by atoms with Gasteiger partial charge in [-0.3, -0.25) is 4.79 Å². The van der Waals surface area contributed by atoms with E-state index in [2.05, 4.69) is 85.6 Å². The van der Waals surface area contributed by atoms with Crippen LogP contribution in [0.25, 0.3) is 11.1 Å². The minimum Gasteiger partial charge on any atom is -0.351 e. The highest BCUT2D eigenvalue weighted by Gasteiger charge is 2.42. The molecule has 1 fully saturated rings. The van der Waals surface area contributed by atoms with Crippen molar-refractivity contribution >= 4 is 5.91 Å². The molecular formula is C34H44N2O. The zero-order chi connectivity index (χ0) is 27.4. The van der Waals surface area contributed by atoms with Crippen LogP contribution in [0.3, 0.4) is 0 Å². The average molecular weight is 497 g/mol. The molecule has 0 saturated carbocycles. The lowest BCUT2D eigenvalue weighted by Gasteiger charge is -2.40. The zero-order valence-electron chi connectivity index (χ0n) is 23.8. The number of terminal acetylenes is 1. The lowest BCUT2D eigenvalue weighted by atomic mass is 9.71. The molecule has 196 valence electrons. The number of nitrogens with one attached hydrogen (secondary N) is 1. The van der Waals surface area contributed by atoms with E-state index in [9.17, 15) is 4.79 Å². The Bertz CT molecular complexity index is 1160. The summed E-state index contributed by atoms with van der Waals surface area (Å²) in [5, 5.41) is 3.26. The average Bonchev–Trinajstić information content (AvgIpc) is 2.94. The lowest BCUT2D eigenvalue weighted by Crippen LogP contribution is -2.50. The van der Waals surface area contributed by atoms with Gasteiger partial charge in [0.2, 0.25) is 5.91 Å². The quantitative estimate of drug-likeness (QED) is 0.376. The Balaban J connectivity index is 0.00000115. The molecular weight excluding hydrogens is 452 g/mol. The third kappa shape index (κ3) is 7.57. The van der Waals surface area contributed by atoms with Crippen LogP contribution in [-0.4, -0.2) is 30.9 Å². The largest absolute Gasteiger partial charge is 0.351 e. The summed E-state index contributed by atoms with van der Waals surface area (Å²) in [4.78, 5) is 16.0. The number of hydrogen-bond acceptors (Lipinski definition) is 2.